The molecule has 0 saturated heterocycles. The quantitative estimate of drug-likeness (QED) is 0.218. The maximum atomic E-state index is 12.2. The van der Waals surface area contributed by atoms with Crippen LogP contribution in [-0.4, -0.2) is 49.4 Å². The number of methoxy groups -OCH3 is 3. The smallest absolute Gasteiger partial charge is 0.250 e. The van der Waals surface area contributed by atoms with Crippen LogP contribution in [0.25, 0.3) is 0 Å². The number of carbonyl (C=O) groups is 1. The number of hydrogen-bond acceptors (Lipinski definition) is 10. The van der Waals surface area contributed by atoms with Gasteiger partial charge in [0.25, 0.3) is 5.91 Å². The summed E-state index contributed by atoms with van der Waals surface area (Å²) in [6.45, 7) is 0. The molecule has 0 fully saturated rings. The number of aromatic nitrogens is 2. The fraction of sp³-hybridized carbons (Fsp3) is 0.238. The summed E-state index contributed by atoms with van der Waals surface area (Å²) in [4.78, 5) is 12.2. The first-order chi connectivity index (χ1) is 16.0. The summed E-state index contributed by atoms with van der Waals surface area (Å²) in [5, 5.41) is 13.0. The van der Waals surface area contributed by atoms with Gasteiger partial charge in [0.05, 0.1) is 33.3 Å². The van der Waals surface area contributed by atoms with Gasteiger partial charge in [-0.3, -0.25) is 4.79 Å². The van der Waals surface area contributed by atoms with Crippen molar-refractivity contribution < 1.29 is 19.0 Å². The maximum absolute atomic E-state index is 12.2. The largest absolute Gasteiger partial charge is 0.493 e. The summed E-state index contributed by atoms with van der Waals surface area (Å²) in [5.41, 5.74) is 4.17. The summed E-state index contributed by atoms with van der Waals surface area (Å²) in [7, 11) is 4.59. The third kappa shape index (κ3) is 7.00. The number of carbonyl (C=O) groups excluding carboxylic acids is 1. The van der Waals surface area contributed by atoms with Crippen LogP contribution in [0.15, 0.2) is 50.2 Å². The summed E-state index contributed by atoms with van der Waals surface area (Å²) in [6.07, 6.45) is 1.48. The Kier molecular flexibility index (Phi) is 9.67. The molecule has 174 valence electrons. The van der Waals surface area contributed by atoms with E-state index in [0.717, 1.165) is 14.9 Å². The number of nitrogens with one attached hydrogen (secondary N) is 1. The van der Waals surface area contributed by atoms with Gasteiger partial charge in [0, 0.05) is 16.3 Å². The lowest BCUT2D eigenvalue weighted by molar-refractivity contribution is -0.118. The molecule has 8 nitrogen and oxygen atoms in total. The van der Waals surface area contributed by atoms with Gasteiger partial charge >= 0.3 is 0 Å². The van der Waals surface area contributed by atoms with Crippen LogP contribution in [0.3, 0.4) is 0 Å². The number of hydrazone groups is 1. The number of ether oxygens (including phenoxy) is 3. The molecule has 0 atom stereocenters. The van der Waals surface area contributed by atoms with E-state index in [4.69, 9.17) is 25.8 Å². The van der Waals surface area contributed by atoms with Crippen molar-refractivity contribution in [3.05, 3.63) is 52.5 Å². The number of amides is 1. The zero-order valence-electron chi connectivity index (χ0n) is 18.0. The van der Waals surface area contributed by atoms with Crippen molar-refractivity contribution in [3.8, 4) is 17.2 Å². The lowest BCUT2D eigenvalue weighted by Crippen LogP contribution is -2.19. The Morgan fingerprint density at radius 1 is 1.06 bits per heavy atom. The van der Waals surface area contributed by atoms with E-state index < -0.39 is 0 Å². The highest BCUT2D eigenvalue weighted by molar-refractivity contribution is 8.03. The molecule has 1 heterocycles. The third-order valence-corrected chi connectivity index (χ3v) is 7.76. The van der Waals surface area contributed by atoms with Gasteiger partial charge in [-0.15, -0.1) is 10.2 Å². The van der Waals surface area contributed by atoms with Crippen molar-refractivity contribution in [1.82, 2.24) is 15.6 Å². The van der Waals surface area contributed by atoms with E-state index in [1.807, 2.05) is 24.3 Å². The molecule has 0 saturated carbocycles. The molecule has 2 aromatic carbocycles. The van der Waals surface area contributed by atoms with Crippen molar-refractivity contribution in [2.45, 2.75) is 14.4 Å². The first-order valence-electron chi connectivity index (χ1n) is 9.49. The molecule has 0 unspecified atom stereocenters. The van der Waals surface area contributed by atoms with Crippen LogP contribution in [0.2, 0.25) is 5.02 Å². The van der Waals surface area contributed by atoms with Crippen LogP contribution in [0, 0.1) is 0 Å². The molecule has 0 radical (unpaired) electrons. The second-order valence-electron chi connectivity index (χ2n) is 6.22. The average Bonchev–Trinajstić information content (AvgIpc) is 3.29. The van der Waals surface area contributed by atoms with Crippen molar-refractivity contribution in [2.24, 2.45) is 5.10 Å². The molecular formula is C21H21ClN4O4S3. The van der Waals surface area contributed by atoms with Gasteiger partial charge in [0.2, 0.25) is 5.75 Å². The number of thioether (sulfide) groups is 2. The zero-order valence-corrected chi connectivity index (χ0v) is 21.2. The number of nitrogens with zero attached hydrogens (tertiary/aromatic N) is 3. The molecule has 33 heavy (non-hydrogen) atoms. The lowest BCUT2D eigenvalue weighted by atomic mass is 10.2. The number of benzene rings is 2. The molecule has 0 spiro atoms. The van der Waals surface area contributed by atoms with Gasteiger partial charge in [-0.2, -0.15) is 5.10 Å². The Hall–Kier alpha value is -2.47. The highest BCUT2D eigenvalue weighted by atomic mass is 35.5. The molecule has 1 N–H and O–H groups in total. The number of hydrogen-bond donors (Lipinski definition) is 1. The minimum atomic E-state index is -0.267. The molecular weight excluding hydrogens is 504 g/mol. The van der Waals surface area contributed by atoms with Crippen LogP contribution in [0.4, 0.5) is 0 Å². The maximum Gasteiger partial charge on any atom is 0.250 e. The monoisotopic (exact) mass is 524 g/mol. The van der Waals surface area contributed by atoms with E-state index in [1.165, 1.54) is 43.5 Å². The topological polar surface area (TPSA) is 94.9 Å². The van der Waals surface area contributed by atoms with Crippen molar-refractivity contribution >= 4 is 58.6 Å². The van der Waals surface area contributed by atoms with E-state index in [1.54, 1.807) is 31.0 Å². The minimum Gasteiger partial charge on any atom is -0.493 e. The third-order valence-electron chi connectivity index (χ3n) is 4.15. The second kappa shape index (κ2) is 12.7. The lowest BCUT2D eigenvalue weighted by Gasteiger charge is -2.13. The van der Waals surface area contributed by atoms with Crippen LogP contribution >= 0.6 is 46.5 Å². The van der Waals surface area contributed by atoms with E-state index >= 15 is 0 Å². The predicted molar refractivity (Wildman–Crippen MR) is 133 cm³/mol. The first-order valence-corrected chi connectivity index (χ1v) is 12.7. The van der Waals surface area contributed by atoms with E-state index in [-0.39, 0.29) is 11.7 Å². The van der Waals surface area contributed by atoms with Gasteiger partial charge in [0.1, 0.15) is 0 Å². The molecule has 3 rings (SSSR count). The highest BCUT2D eigenvalue weighted by Crippen LogP contribution is 2.39. The average molecular weight is 525 g/mol. The Morgan fingerprint density at radius 3 is 2.48 bits per heavy atom. The van der Waals surface area contributed by atoms with Crippen LogP contribution < -0.4 is 19.6 Å². The second-order valence-corrected chi connectivity index (χ2v) is 10.0. The van der Waals surface area contributed by atoms with Gasteiger partial charge < -0.3 is 14.2 Å². The fourth-order valence-corrected chi connectivity index (χ4v) is 5.73. The molecule has 3 aromatic rings. The zero-order chi connectivity index (χ0) is 23.6. The summed E-state index contributed by atoms with van der Waals surface area (Å²) < 4.78 is 17.5. The number of halogens is 1. The van der Waals surface area contributed by atoms with Crippen LogP contribution in [-0.2, 0) is 10.5 Å². The van der Waals surface area contributed by atoms with Crippen LogP contribution in [0.5, 0.6) is 17.2 Å². The Labute approximate surface area is 209 Å². The summed E-state index contributed by atoms with van der Waals surface area (Å²) in [6, 6.07) is 11.2. The SMILES string of the molecule is COc1ccc(/C=N\NC(=O)CSc2nnc(SCc3ccccc3Cl)s2)c(OC)c1OC. The van der Waals surface area contributed by atoms with E-state index in [9.17, 15) is 4.79 Å². The van der Waals surface area contributed by atoms with E-state index in [2.05, 4.69) is 20.7 Å². The molecule has 1 aromatic heterocycles. The minimum absolute atomic E-state index is 0.157. The van der Waals surface area contributed by atoms with Gasteiger partial charge in [0.15, 0.2) is 20.2 Å². The molecule has 0 bridgehead atoms. The highest BCUT2D eigenvalue weighted by Gasteiger charge is 2.15. The Bertz CT molecular complexity index is 1130. The van der Waals surface area contributed by atoms with Gasteiger partial charge in [-0.1, -0.05) is 64.7 Å². The van der Waals surface area contributed by atoms with Crippen molar-refractivity contribution in [1.29, 1.82) is 0 Å². The summed E-state index contributed by atoms with van der Waals surface area (Å²) >= 11 is 10.5. The van der Waals surface area contributed by atoms with Gasteiger partial charge in [-0.05, 0) is 23.8 Å². The summed E-state index contributed by atoms with van der Waals surface area (Å²) in [5.74, 6) is 2.03. The molecule has 0 aliphatic heterocycles. The first kappa shape index (κ1) is 25.2. The van der Waals surface area contributed by atoms with Crippen molar-refractivity contribution in [2.75, 3.05) is 27.1 Å². The normalized spacial score (nSPS) is 10.9. The fourth-order valence-electron chi connectivity index (χ4n) is 2.63. The van der Waals surface area contributed by atoms with E-state index in [0.29, 0.717) is 32.9 Å². The predicted octanol–water partition coefficient (Wildman–Crippen LogP) is 4.75. The van der Waals surface area contributed by atoms with Crippen LogP contribution in [0.1, 0.15) is 11.1 Å². The van der Waals surface area contributed by atoms with Crippen molar-refractivity contribution in [3.63, 3.8) is 0 Å². The Balaban J connectivity index is 1.49. The standard InChI is InChI=1S/C21H21ClN4O4S3/c1-28-16-9-8-13(18(29-2)19(16)30-3)10-23-24-17(27)12-32-21-26-25-20(33-21)31-11-14-6-4-5-7-15(14)22/h4-10H,11-12H2,1-3H3,(H,24,27)/b23-10-. The molecule has 1 amide bonds. The van der Waals surface area contributed by atoms with Gasteiger partial charge in [-0.25, -0.2) is 5.43 Å². The molecule has 0 aliphatic carbocycles. The molecule has 0 aliphatic rings. The number of rotatable bonds is 11. The Morgan fingerprint density at radius 2 is 1.79 bits per heavy atom. The molecule has 12 heteroatoms.